The lowest BCUT2D eigenvalue weighted by Gasteiger charge is -2.08. The van der Waals surface area contributed by atoms with Crippen molar-refractivity contribution in [2.24, 2.45) is 0 Å². The summed E-state index contributed by atoms with van der Waals surface area (Å²) in [7, 11) is 1.40. The highest BCUT2D eigenvalue weighted by Crippen LogP contribution is 2.27. The molecular formula is C17H12FN5O. The topological polar surface area (TPSA) is 87.0 Å². The predicted octanol–water partition coefficient (Wildman–Crippen LogP) is 2.79. The third-order valence-electron chi connectivity index (χ3n) is 3.65. The van der Waals surface area contributed by atoms with Gasteiger partial charge in [0.2, 0.25) is 0 Å². The number of ether oxygens (including phenoxy) is 1. The van der Waals surface area contributed by atoms with Crippen LogP contribution >= 0.6 is 0 Å². The molecule has 0 aliphatic carbocycles. The molecule has 24 heavy (non-hydrogen) atoms. The maximum absolute atomic E-state index is 14.0. The Balaban J connectivity index is 2.22. The van der Waals surface area contributed by atoms with Gasteiger partial charge in [-0.15, -0.1) is 0 Å². The average molecular weight is 321 g/mol. The molecule has 0 radical (unpaired) electrons. The first-order chi connectivity index (χ1) is 11.6. The molecule has 3 aromatic rings. The maximum atomic E-state index is 14.0. The summed E-state index contributed by atoms with van der Waals surface area (Å²) in [5.74, 6) is -0.342. The Morgan fingerprint density at radius 1 is 1.33 bits per heavy atom. The van der Waals surface area contributed by atoms with Gasteiger partial charge in [-0.1, -0.05) is 0 Å². The first-order valence-electron chi connectivity index (χ1n) is 7.09. The lowest BCUT2D eigenvalue weighted by atomic mass is 10.1. The number of hydrogen-bond donors (Lipinski definition) is 0. The molecular weight excluding hydrogens is 309 g/mol. The fourth-order valence-corrected chi connectivity index (χ4v) is 2.53. The molecule has 2 heterocycles. The van der Waals surface area contributed by atoms with E-state index in [1.165, 1.54) is 23.8 Å². The number of rotatable bonds is 3. The first kappa shape index (κ1) is 15.4. The van der Waals surface area contributed by atoms with Gasteiger partial charge in [0.25, 0.3) is 0 Å². The summed E-state index contributed by atoms with van der Waals surface area (Å²) in [6, 6.07) is 8.59. The molecule has 0 aliphatic heterocycles. The number of benzene rings is 1. The Kier molecular flexibility index (Phi) is 3.85. The Bertz CT molecular complexity index is 1030. The van der Waals surface area contributed by atoms with Gasteiger partial charge in [0.15, 0.2) is 17.2 Å². The molecule has 0 spiro atoms. The third kappa shape index (κ3) is 2.42. The Morgan fingerprint density at radius 3 is 2.75 bits per heavy atom. The second kappa shape index (κ2) is 5.98. The van der Waals surface area contributed by atoms with Crippen LogP contribution in [0.15, 0.2) is 24.4 Å². The van der Waals surface area contributed by atoms with E-state index < -0.39 is 5.82 Å². The van der Waals surface area contributed by atoms with Crippen LogP contribution in [0, 0.1) is 35.4 Å². The zero-order valence-corrected chi connectivity index (χ0v) is 13.0. The van der Waals surface area contributed by atoms with E-state index in [-0.39, 0.29) is 17.7 Å². The number of aryl methyl sites for hydroxylation is 1. The number of nitriles is 2. The average Bonchev–Trinajstić information content (AvgIpc) is 2.90. The number of hydrogen-bond acceptors (Lipinski definition) is 5. The maximum Gasteiger partial charge on any atom is 0.173 e. The van der Waals surface area contributed by atoms with Crippen molar-refractivity contribution in [3.63, 3.8) is 0 Å². The van der Waals surface area contributed by atoms with Gasteiger partial charge in [-0.3, -0.25) is 0 Å². The second-order valence-corrected chi connectivity index (χ2v) is 5.16. The van der Waals surface area contributed by atoms with Crippen LogP contribution in [-0.2, 0) is 6.42 Å². The number of halogens is 1. The first-order valence-corrected chi connectivity index (χ1v) is 7.09. The highest BCUT2D eigenvalue weighted by Gasteiger charge is 2.17. The van der Waals surface area contributed by atoms with Crippen LogP contribution < -0.4 is 4.74 Å². The number of fused-ring (bicyclic) bond motifs is 1. The monoisotopic (exact) mass is 321 g/mol. The predicted molar refractivity (Wildman–Crippen MR) is 83.7 cm³/mol. The fourth-order valence-electron chi connectivity index (χ4n) is 2.53. The zero-order chi connectivity index (χ0) is 17.3. The molecule has 7 heteroatoms. The summed E-state index contributed by atoms with van der Waals surface area (Å²) in [6.07, 6.45) is 1.74. The molecule has 118 valence electrons. The molecule has 0 amide bonds. The number of methoxy groups -OCH3 is 1. The number of aromatic nitrogens is 3. The summed E-state index contributed by atoms with van der Waals surface area (Å²) in [5, 5.41) is 22.4. The zero-order valence-electron chi connectivity index (χ0n) is 13.0. The summed E-state index contributed by atoms with van der Waals surface area (Å²) in [5.41, 5.74) is 2.86. The lowest BCUT2D eigenvalue weighted by molar-refractivity contribution is 0.386. The van der Waals surface area contributed by atoms with Gasteiger partial charge in [0, 0.05) is 11.8 Å². The van der Waals surface area contributed by atoms with Crippen LogP contribution in [0.1, 0.15) is 16.8 Å². The molecule has 0 atom stereocenters. The SMILES string of the molecule is COc1ccc(-c2nc3c(C#N)c(CC#N)nn3cc2C)cc1F. The van der Waals surface area contributed by atoms with E-state index >= 15 is 0 Å². The van der Waals surface area contributed by atoms with E-state index in [1.54, 1.807) is 12.3 Å². The van der Waals surface area contributed by atoms with Crippen LogP contribution in [-0.4, -0.2) is 21.7 Å². The third-order valence-corrected chi connectivity index (χ3v) is 3.65. The van der Waals surface area contributed by atoms with Crippen LogP contribution in [0.25, 0.3) is 16.9 Å². The number of nitrogens with zero attached hydrogens (tertiary/aromatic N) is 5. The molecule has 1 aromatic carbocycles. The molecule has 6 nitrogen and oxygen atoms in total. The lowest BCUT2D eigenvalue weighted by Crippen LogP contribution is -1.98. The summed E-state index contributed by atoms with van der Waals surface area (Å²) < 4.78 is 20.4. The van der Waals surface area contributed by atoms with Crippen molar-refractivity contribution in [2.45, 2.75) is 13.3 Å². The van der Waals surface area contributed by atoms with Gasteiger partial charge in [0.05, 0.1) is 31.0 Å². The van der Waals surface area contributed by atoms with Crippen molar-refractivity contribution < 1.29 is 9.13 Å². The smallest absolute Gasteiger partial charge is 0.173 e. The molecule has 2 aromatic heterocycles. The van der Waals surface area contributed by atoms with Crippen molar-refractivity contribution in [3.8, 4) is 29.1 Å². The van der Waals surface area contributed by atoms with Gasteiger partial charge in [-0.2, -0.15) is 15.6 Å². The van der Waals surface area contributed by atoms with E-state index in [0.29, 0.717) is 22.6 Å². The van der Waals surface area contributed by atoms with Crippen LogP contribution in [0.3, 0.4) is 0 Å². The standard InChI is InChI=1S/C17H12FN5O/c1-10-9-23-17(12(8-20)14(22-23)5-6-19)21-16(10)11-3-4-15(24-2)13(18)7-11/h3-4,7,9H,5H2,1-2H3. The van der Waals surface area contributed by atoms with Crippen molar-refractivity contribution in [3.05, 3.63) is 47.0 Å². The van der Waals surface area contributed by atoms with Crippen molar-refractivity contribution in [1.29, 1.82) is 10.5 Å². The van der Waals surface area contributed by atoms with E-state index in [9.17, 15) is 9.65 Å². The van der Waals surface area contributed by atoms with Gasteiger partial charge in [-0.25, -0.2) is 13.9 Å². The van der Waals surface area contributed by atoms with E-state index in [1.807, 2.05) is 19.1 Å². The molecule has 3 rings (SSSR count). The van der Waals surface area contributed by atoms with Gasteiger partial charge >= 0.3 is 0 Å². The highest BCUT2D eigenvalue weighted by atomic mass is 19.1. The van der Waals surface area contributed by atoms with E-state index in [4.69, 9.17) is 10.00 Å². The van der Waals surface area contributed by atoms with Gasteiger partial charge < -0.3 is 4.74 Å². The molecule has 0 aliphatic rings. The minimum atomic E-state index is -0.491. The molecule has 0 fully saturated rings. The summed E-state index contributed by atoms with van der Waals surface area (Å²) in [6.45, 7) is 1.82. The summed E-state index contributed by atoms with van der Waals surface area (Å²) in [4.78, 5) is 4.48. The minimum Gasteiger partial charge on any atom is -0.494 e. The highest BCUT2D eigenvalue weighted by molar-refractivity contribution is 5.69. The van der Waals surface area contributed by atoms with Crippen LogP contribution in [0.4, 0.5) is 4.39 Å². The Morgan fingerprint density at radius 2 is 2.12 bits per heavy atom. The van der Waals surface area contributed by atoms with Crippen molar-refractivity contribution in [1.82, 2.24) is 14.6 Å². The summed E-state index contributed by atoms with van der Waals surface area (Å²) >= 11 is 0. The Labute approximate surface area is 137 Å². The molecule has 0 unspecified atom stereocenters. The van der Waals surface area contributed by atoms with E-state index in [2.05, 4.69) is 10.1 Å². The molecule has 0 saturated heterocycles. The molecule has 0 saturated carbocycles. The minimum absolute atomic E-state index is 0.0256. The van der Waals surface area contributed by atoms with Gasteiger partial charge in [-0.05, 0) is 30.7 Å². The quantitative estimate of drug-likeness (QED) is 0.740. The van der Waals surface area contributed by atoms with Crippen molar-refractivity contribution >= 4 is 5.65 Å². The normalized spacial score (nSPS) is 10.4. The van der Waals surface area contributed by atoms with Gasteiger partial charge in [0.1, 0.15) is 11.6 Å². The van der Waals surface area contributed by atoms with Crippen molar-refractivity contribution in [2.75, 3.05) is 7.11 Å². The largest absolute Gasteiger partial charge is 0.494 e. The second-order valence-electron chi connectivity index (χ2n) is 5.16. The fraction of sp³-hybridized carbons (Fsp3) is 0.176. The van der Waals surface area contributed by atoms with Crippen LogP contribution in [0.5, 0.6) is 5.75 Å². The molecule has 0 N–H and O–H groups in total. The van der Waals surface area contributed by atoms with Crippen LogP contribution in [0.2, 0.25) is 0 Å². The Hall–Kier alpha value is -3.45. The molecule has 0 bridgehead atoms. The van der Waals surface area contributed by atoms with E-state index in [0.717, 1.165) is 5.56 Å².